The summed E-state index contributed by atoms with van der Waals surface area (Å²) >= 11 is 0. The largest absolute Gasteiger partial charge is 0.480 e. The summed E-state index contributed by atoms with van der Waals surface area (Å²) in [6, 6.07) is -1.32. The minimum atomic E-state index is -1.04. The summed E-state index contributed by atoms with van der Waals surface area (Å²) < 4.78 is 0. The van der Waals surface area contributed by atoms with Gasteiger partial charge in [0.1, 0.15) is 6.04 Å². The third kappa shape index (κ3) is 4.09. The molecule has 0 aromatic rings. The molecule has 2 amide bonds. The molecular formula is C12H20N2O3. The quantitative estimate of drug-likeness (QED) is 0.590. The van der Waals surface area contributed by atoms with Crippen molar-refractivity contribution >= 4 is 12.0 Å². The molecule has 1 aliphatic rings. The Morgan fingerprint density at radius 2 is 2.18 bits per heavy atom. The third-order valence-corrected chi connectivity index (χ3v) is 3.34. The van der Waals surface area contributed by atoms with Gasteiger partial charge in [-0.15, -0.1) is 6.58 Å². The molecule has 3 N–H and O–H groups in total. The van der Waals surface area contributed by atoms with Gasteiger partial charge in [-0.05, 0) is 31.1 Å². The Balaban J connectivity index is 2.32. The van der Waals surface area contributed by atoms with Gasteiger partial charge in [0.2, 0.25) is 0 Å². The Morgan fingerprint density at radius 1 is 1.53 bits per heavy atom. The van der Waals surface area contributed by atoms with Gasteiger partial charge in [-0.2, -0.15) is 0 Å². The van der Waals surface area contributed by atoms with Gasteiger partial charge in [-0.3, -0.25) is 0 Å². The van der Waals surface area contributed by atoms with Crippen molar-refractivity contribution in [2.75, 3.05) is 6.54 Å². The Morgan fingerprint density at radius 3 is 2.59 bits per heavy atom. The van der Waals surface area contributed by atoms with E-state index in [9.17, 15) is 9.59 Å². The number of rotatable bonds is 7. The highest BCUT2D eigenvalue weighted by Gasteiger charge is 2.40. The van der Waals surface area contributed by atoms with Crippen molar-refractivity contribution in [3.8, 4) is 0 Å². The first-order valence-electron chi connectivity index (χ1n) is 5.91. The van der Waals surface area contributed by atoms with Crippen LogP contribution in [0.4, 0.5) is 4.79 Å². The van der Waals surface area contributed by atoms with Crippen LogP contribution in [0.25, 0.3) is 0 Å². The predicted octanol–water partition coefficient (Wildman–Crippen LogP) is 1.51. The zero-order valence-electron chi connectivity index (χ0n) is 10.2. The van der Waals surface area contributed by atoms with Crippen LogP contribution in [0, 0.1) is 5.41 Å². The molecule has 1 aliphatic carbocycles. The molecule has 1 saturated carbocycles. The van der Waals surface area contributed by atoms with Crippen LogP contribution in [0.3, 0.4) is 0 Å². The molecular weight excluding hydrogens is 220 g/mol. The average molecular weight is 240 g/mol. The molecule has 0 saturated heterocycles. The highest BCUT2D eigenvalue weighted by Crippen LogP contribution is 2.47. The highest BCUT2D eigenvalue weighted by molar-refractivity contribution is 5.82. The molecule has 0 aromatic heterocycles. The molecule has 0 aromatic carbocycles. The van der Waals surface area contributed by atoms with E-state index < -0.39 is 18.0 Å². The Kier molecular flexibility index (Phi) is 4.54. The van der Waals surface area contributed by atoms with E-state index >= 15 is 0 Å². The summed E-state index contributed by atoms with van der Waals surface area (Å²) in [6.07, 6.45) is 5.02. The fraction of sp³-hybridized carbons (Fsp3) is 0.667. The van der Waals surface area contributed by atoms with Crippen LogP contribution >= 0.6 is 0 Å². The first-order valence-corrected chi connectivity index (χ1v) is 5.91. The van der Waals surface area contributed by atoms with E-state index in [1.807, 2.05) is 0 Å². The molecule has 96 valence electrons. The van der Waals surface area contributed by atoms with Crippen molar-refractivity contribution in [1.29, 1.82) is 0 Å². The fourth-order valence-electron chi connectivity index (χ4n) is 1.70. The summed E-state index contributed by atoms with van der Waals surface area (Å²) in [5.74, 6) is -1.04. The lowest BCUT2D eigenvalue weighted by atomic mass is 10.0. The Labute approximate surface area is 101 Å². The first kappa shape index (κ1) is 13.5. The van der Waals surface area contributed by atoms with Crippen LogP contribution in [-0.4, -0.2) is 29.7 Å². The van der Waals surface area contributed by atoms with Crippen LogP contribution in [0.15, 0.2) is 12.7 Å². The molecule has 1 rings (SSSR count). The minimum absolute atomic E-state index is 0.224. The van der Waals surface area contributed by atoms with Gasteiger partial charge in [0.05, 0.1) is 0 Å². The number of carbonyl (C=O) groups is 2. The van der Waals surface area contributed by atoms with Crippen LogP contribution in [0.2, 0.25) is 0 Å². The van der Waals surface area contributed by atoms with Crippen LogP contribution in [0.1, 0.15) is 32.6 Å². The molecule has 1 atom stereocenters. The number of carboxylic acid groups (broad SMARTS) is 1. The summed E-state index contributed by atoms with van der Waals surface area (Å²) in [7, 11) is 0. The van der Waals surface area contributed by atoms with Crippen molar-refractivity contribution in [2.24, 2.45) is 5.41 Å². The van der Waals surface area contributed by atoms with Crippen molar-refractivity contribution in [3.05, 3.63) is 12.7 Å². The second kappa shape index (κ2) is 5.70. The number of carboxylic acids is 1. The zero-order chi connectivity index (χ0) is 12.9. The molecule has 17 heavy (non-hydrogen) atoms. The van der Waals surface area contributed by atoms with Gasteiger partial charge in [-0.25, -0.2) is 9.59 Å². The monoisotopic (exact) mass is 240 g/mol. The van der Waals surface area contributed by atoms with Crippen molar-refractivity contribution in [1.82, 2.24) is 10.6 Å². The number of amides is 2. The molecule has 0 aliphatic heterocycles. The van der Waals surface area contributed by atoms with E-state index in [0.29, 0.717) is 6.54 Å². The number of hydrogen-bond donors (Lipinski definition) is 3. The van der Waals surface area contributed by atoms with Crippen LogP contribution in [-0.2, 0) is 4.79 Å². The highest BCUT2D eigenvalue weighted by atomic mass is 16.4. The van der Waals surface area contributed by atoms with Crippen molar-refractivity contribution in [2.45, 2.75) is 38.6 Å². The SMILES string of the molecule is C=CCC(NC(=O)NCC1(CC)CC1)C(=O)O. The maximum Gasteiger partial charge on any atom is 0.326 e. The maximum absolute atomic E-state index is 11.5. The van der Waals surface area contributed by atoms with Crippen LogP contribution in [0.5, 0.6) is 0 Å². The summed E-state index contributed by atoms with van der Waals surface area (Å²) in [5.41, 5.74) is 0.258. The standard InChI is InChI=1S/C12H20N2O3/c1-3-5-9(10(15)16)14-11(17)13-8-12(4-2)6-7-12/h3,9H,1,4-8H2,2H3,(H,15,16)(H2,13,14,17). The van der Waals surface area contributed by atoms with Gasteiger partial charge in [0, 0.05) is 6.54 Å². The van der Waals surface area contributed by atoms with E-state index in [1.54, 1.807) is 0 Å². The summed E-state index contributed by atoms with van der Waals surface area (Å²) in [6.45, 7) is 6.19. The van der Waals surface area contributed by atoms with Gasteiger partial charge >= 0.3 is 12.0 Å². The van der Waals surface area contributed by atoms with E-state index in [2.05, 4.69) is 24.1 Å². The molecule has 1 fully saturated rings. The number of urea groups is 1. The zero-order valence-corrected chi connectivity index (χ0v) is 10.2. The fourth-order valence-corrected chi connectivity index (χ4v) is 1.70. The number of nitrogens with one attached hydrogen (secondary N) is 2. The molecule has 1 unspecified atom stereocenters. The van der Waals surface area contributed by atoms with E-state index in [-0.39, 0.29) is 11.8 Å². The molecule has 0 bridgehead atoms. The van der Waals surface area contributed by atoms with Gasteiger partial charge in [0.25, 0.3) is 0 Å². The first-order chi connectivity index (χ1) is 8.03. The van der Waals surface area contributed by atoms with Crippen molar-refractivity contribution in [3.63, 3.8) is 0 Å². The number of aliphatic carboxylic acids is 1. The normalized spacial score (nSPS) is 17.9. The van der Waals surface area contributed by atoms with E-state index in [1.165, 1.54) is 6.08 Å². The summed E-state index contributed by atoms with van der Waals surface area (Å²) in [5, 5.41) is 14.0. The molecule has 0 radical (unpaired) electrons. The van der Waals surface area contributed by atoms with Crippen LogP contribution < -0.4 is 10.6 Å². The van der Waals surface area contributed by atoms with E-state index in [4.69, 9.17) is 5.11 Å². The maximum atomic E-state index is 11.5. The second-order valence-electron chi connectivity index (χ2n) is 4.60. The Bertz CT molecular complexity index is 311. The van der Waals surface area contributed by atoms with Crippen molar-refractivity contribution < 1.29 is 14.7 Å². The lowest BCUT2D eigenvalue weighted by Gasteiger charge is -2.16. The Hall–Kier alpha value is -1.52. The topological polar surface area (TPSA) is 78.4 Å². The average Bonchev–Trinajstić information content (AvgIpc) is 3.06. The number of carbonyl (C=O) groups excluding carboxylic acids is 1. The van der Waals surface area contributed by atoms with Gasteiger partial charge in [0.15, 0.2) is 0 Å². The third-order valence-electron chi connectivity index (χ3n) is 3.34. The molecule has 0 heterocycles. The smallest absolute Gasteiger partial charge is 0.326 e. The van der Waals surface area contributed by atoms with Gasteiger partial charge in [-0.1, -0.05) is 13.0 Å². The predicted molar refractivity (Wildman–Crippen MR) is 64.7 cm³/mol. The molecule has 5 nitrogen and oxygen atoms in total. The lowest BCUT2D eigenvalue weighted by molar-refractivity contribution is -0.139. The molecule has 0 spiro atoms. The van der Waals surface area contributed by atoms with E-state index in [0.717, 1.165) is 19.3 Å². The van der Waals surface area contributed by atoms with Gasteiger partial charge < -0.3 is 15.7 Å². The summed E-state index contributed by atoms with van der Waals surface area (Å²) in [4.78, 5) is 22.3. The minimum Gasteiger partial charge on any atom is -0.480 e. The second-order valence-corrected chi connectivity index (χ2v) is 4.60. The lowest BCUT2D eigenvalue weighted by Crippen LogP contribution is -2.47. The number of hydrogen-bond acceptors (Lipinski definition) is 2. The molecule has 5 heteroatoms.